The molecule has 5 nitrogen and oxygen atoms in total. The average molecular weight is 368 g/mol. The number of aromatic amines is 1. The van der Waals surface area contributed by atoms with E-state index < -0.39 is 5.60 Å². The molecular weight excluding hydrogens is 349 g/mol. The standard InChI is InChI=1S/C17H19Cl2N3O2/c1-17(2,3)24-16(23)22-8-7-12-13(9-22)21-15(20-12)10-5-4-6-11(18)14(10)19/h4-6H,7-9H2,1-3H3,(H,20,21). The van der Waals surface area contributed by atoms with Gasteiger partial charge in [0.25, 0.3) is 0 Å². The van der Waals surface area contributed by atoms with Crippen LogP contribution in [0, 0.1) is 0 Å². The second kappa shape index (κ2) is 6.30. The zero-order valence-corrected chi connectivity index (χ0v) is 15.3. The number of amides is 1. The van der Waals surface area contributed by atoms with E-state index in [4.69, 9.17) is 27.9 Å². The molecule has 1 aliphatic heterocycles. The van der Waals surface area contributed by atoms with Crippen molar-refractivity contribution in [1.29, 1.82) is 0 Å². The van der Waals surface area contributed by atoms with E-state index in [-0.39, 0.29) is 6.09 Å². The summed E-state index contributed by atoms with van der Waals surface area (Å²) in [5, 5.41) is 0.952. The number of halogens is 2. The van der Waals surface area contributed by atoms with Crippen molar-refractivity contribution in [1.82, 2.24) is 14.9 Å². The first-order chi connectivity index (χ1) is 11.2. The lowest BCUT2D eigenvalue weighted by atomic mass is 10.1. The van der Waals surface area contributed by atoms with Crippen molar-refractivity contribution in [3.63, 3.8) is 0 Å². The quantitative estimate of drug-likeness (QED) is 0.795. The molecule has 2 aromatic rings. The SMILES string of the molecule is CC(C)(C)OC(=O)N1CCc2nc(-c3cccc(Cl)c3Cl)[nH]c2C1. The Hall–Kier alpha value is -1.72. The number of imidazole rings is 1. The molecular formula is C17H19Cl2N3O2. The Balaban J connectivity index is 1.83. The summed E-state index contributed by atoms with van der Waals surface area (Å²) in [5.74, 6) is 0.665. The van der Waals surface area contributed by atoms with E-state index in [2.05, 4.69) is 9.97 Å². The summed E-state index contributed by atoms with van der Waals surface area (Å²) in [4.78, 5) is 21.8. The molecule has 0 atom stereocenters. The fourth-order valence-corrected chi connectivity index (χ4v) is 2.98. The molecule has 0 spiro atoms. The van der Waals surface area contributed by atoms with Gasteiger partial charge in [0.15, 0.2) is 0 Å². The Kier molecular flexibility index (Phi) is 4.49. The Morgan fingerprint density at radius 1 is 1.33 bits per heavy atom. The predicted octanol–water partition coefficient (Wildman–Crippen LogP) is 4.68. The van der Waals surface area contributed by atoms with Crippen LogP contribution in [0.25, 0.3) is 11.4 Å². The summed E-state index contributed by atoms with van der Waals surface area (Å²) >= 11 is 12.3. The molecule has 0 fully saturated rings. The van der Waals surface area contributed by atoms with Crippen LogP contribution >= 0.6 is 23.2 Å². The molecule has 0 radical (unpaired) electrons. The zero-order valence-electron chi connectivity index (χ0n) is 13.8. The summed E-state index contributed by atoms with van der Waals surface area (Å²) in [6, 6.07) is 5.43. The molecule has 0 bridgehead atoms. The summed E-state index contributed by atoms with van der Waals surface area (Å²) in [5.41, 5.74) is 2.09. The maximum absolute atomic E-state index is 12.2. The largest absolute Gasteiger partial charge is 0.444 e. The van der Waals surface area contributed by atoms with Crippen LogP contribution in [0.5, 0.6) is 0 Å². The lowest BCUT2D eigenvalue weighted by molar-refractivity contribution is 0.0221. The normalized spacial score (nSPS) is 14.5. The van der Waals surface area contributed by atoms with Gasteiger partial charge in [-0.3, -0.25) is 0 Å². The molecule has 1 amide bonds. The number of carbonyl (C=O) groups is 1. The van der Waals surface area contributed by atoms with Crippen LogP contribution in [0.4, 0.5) is 4.79 Å². The molecule has 3 rings (SSSR count). The highest BCUT2D eigenvalue weighted by molar-refractivity contribution is 6.43. The van der Waals surface area contributed by atoms with E-state index in [1.165, 1.54) is 0 Å². The second-order valence-corrected chi connectivity index (χ2v) is 7.55. The number of nitrogens with zero attached hydrogens (tertiary/aromatic N) is 2. The van der Waals surface area contributed by atoms with Crippen LogP contribution in [0.2, 0.25) is 10.0 Å². The van der Waals surface area contributed by atoms with Crippen LogP contribution in [-0.4, -0.2) is 33.1 Å². The number of rotatable bonds is 1. The molecule has 1 aliphatic rings. The average Bonchev–Trinajstić information content (AvgIpc) is 2.91. The molecule has 24 heavy (non-hydrogen) atoms. The third kappa shape index (κ3) is 3.52. The molecule has 0 saturated heterocycles. The minimum absolute atomic E-state index is 0.315. The Bertz CT molecular complexity index is 781. The maximum Gasteiger partial charge on any atom is 0.410 e. The molecule has 0 unspecified atom stereocenters. The number of aromatic nitrogens is 2. The topological polar surface area (TPSA) is 58.2 Å². The number of hydrogen-bond donors (Lipinski definition) is 1. The van der Waals surface area contributed by atoms with Crippen molar-refractivity contribution in [2.24, 2.45) is 0 Å². The van der Waals surface area contributed by atoms with Gasteiger partial charge in [-0.2, -0.15) is 0 Å². The number of fused-ring (bicyclic) bond motifs is 1. The van der Waals surface area contributed by atoms with E-state index in [9.17, 15) is 4.79 Å². The maximum atomic E-state index is 12.2. The molecule has 0 saturated carbocycles. The van der Waals surface area contributed by atoms with Crippen molar-refractivity contribution in [3.05, 3.63) is 39.6 Å². The molecule has 7 heteroatoms. The smallest absolute Gasteiger partial charge is 0.410 e. The number of ether oxygens (including phenoxy) is 1. The minimum atomic E-state index is -0.509. The van der Waals surface area contributed by atoms with Gasteiger partial charge in [-0.1, -0.05) is 29.3 Å². The number of H-pyrrole nitrogens is 1. The lowest BCUT2D eigenvalue weighted by Crippen LogP contribution is -2.39. The van der Waals surface area contributed by atoms with Gasteiger partial charge in [-0.15, -0.1) is 0 Å². The summed E-state index contributed by atoms with van der Waals surface area (Å²) in [7, 11) is 0. The zero-order chi connectivity index (χ0) is 17.5. The Labute approximate surface area is 150 Å². The molecule has 128 valence electrons. The number of nitrogens with one attached hydrogen (secondary N) is 1. The fourth-order valence-electron chi connectivity index (χ4n) is 2.59. The van der Waals surface area contributed by atoms with Gasteiger partial charge in [-0.25, -0.2) is 9.78 Å². The van der Waals surface area contributed by atoms with Crippen LogP contribution in [0.3, 0.4) is 0 Å². The number of benzene rings is 1. The third-order valence-corrected chi connectivity index (χ3v) is 4.51. The summed E-state index contributed by atoms with van der Waals surface area (Å²) < 4.78 is 5.43. The molecule has 1 aromatic heterocycles. The van der Waals surface area contributed by atoms with Gasteiger partial charge in [0.2, 0.25) is 0 Å². The van der Waals surface area contributed by atoms with Gasteiger partial charge in [0.05, 0.1) is 28.0 Å². The first kappa shape index (κ1) is 17.1. The van der Waals surface area contributed by atoms with Gasteiger partial charge in [0.1, 0.15) is 11.4 Å². The first-order valence-electron chi connectivity index (χ1n) is 7.74. The summed E-state index contributed by atoms with van der Waals surface area (Å²) in [6.07, 6.45) is 0.355. The molecule has 0 aliphatic carbocycles. The van der Waals surface area contributed by atoms with E-state index in [0.29, 0.717) is 35.4 Å². The fraction of sp³-hybridized carbons (Fsp3) is 0.412. The van der Waals surface area contributed by atoms with Crippen molar-refractivity contribution in [3.8, 4) is 11.4 Å². The van der Waals surface area contributed by atoms with Crippen molar-refractivity contribution >= 4 is 29.3 Å². The van der Waals surface area contributed by atoms with Gasteiger partial charge in [0, 0.05) is 18.5 Å². The van der Waals surface area contributed by atoms with Crippen molar-refractivity contribution in [2.75, 3.05) is 6.54 Å². The Morgan fingerprint density at radius 3 is 2.79 bits per heavy atom. The second-order valence-electron chi connectivity index (χ2n) is 6.76. The number of carbonyl (C=O) groups excluding carboxylic acids is 1. The van der Waals surface area contributed by atoms with Crippen molar-refractivity contribution in [2.45, 2.75) is 39.3 Å². The molecule has 2 heterocycles. The lowest BCUT2D eigenvalue weighted by Gasteiger charge is -2.29. The molecule has 1 aromatic carbocycles. The van der Waals surface area contributed by atoms with Crippen LogP contribution in [-0.2, 0) is 17.7 Å². The van der Waals surface area contributed by atoms with Gasteiger partial charge >= 0.3 is 6.09 Å². The highest BCUT2D eigenvalue weighted by atomic mass is 35.5. The van der Waals surface area contributed by atoms with E-state index >= 15 is 0 Å². The monoisotopic (exact) mass is 367 g/mol. The van der Waals surface area contributed by atoms with Gasteiger partial charge in [-0.05, 0) is 32.9 Å². The minimum Gasteiger partial charge on any atom is -0.444 e. The van der Waals surface area contributed by atoms with Crippen LogP contribution < -0.4 is 0 Å². The summed E-state index contributed by atoms with van der Waals surface area (Å²) in [6.45, 7) is 6.59. The predicted molar refractivity (Wildman–Crippen MR) is 94.4 cm³/mol. The third-order valence-electron chi connectivity index (χ3n) is 3.69. The Morgan fingerprint density at radius 2 is 2.08 bits per heavy atom. The van der Waals surface area contributed by atoms with Gasteiger partial charge < -0.3 is 14.6 Å². The highest BCUT2D eigenvalue weighted by Gasteiger charge is 2.28. The van der Waals surface area contributed by atoms with E-state index in [1.807, 2.05) is 32.9 Å². The van der Waals surface area contributed by atoms with E-state index in [0.717, 1.165) is 17.0 Å². The number of hydrogen-bond acceptors (Lipinski definition) is 3. The van der Waals surface area contributed by atoms with Crippen LogP contribution in [0.1, 0.15) is 32.2 Å². The van der Waals surface area contributed by atoms with Crippen molar-refractivity contribution < 1.29 is 9.53 Å². The molecule has 1 N–H and O–H groups in total. The van der Waals surface area contributed by atoms with Crippen LogP contribution in [0.15, 0.2) is 18.2 Å². The van der Waals surface area contributed by atoms with E-state index in [1.54, 1.807) is 11.0 Å². The highest BCUT2D eigenvalue weighted by Crippen LogP contribution is 2.33. The first-order valence-corrected chi connectivity index (χ1v) is 8.50.